The van der Waals surface area contributed by atoms with Crippen molar-refractivity contribution in [1.82, 2.24) is 5.16 Å². The largest absolute Gasteiger partial charge is 0.489 e. The lowest BCUT2D eigenvalue weighted by Gasteiger charge is -2.09. The van der Waals surface area contributed by atoms with Crippen LogP contribution in [0.3, 0.4) is 0 Å². The van der Waals surface area contributed by atoms with E-state index in [1.807, 2.05) is 38.1 Å². The fourth-order valence-electron chi connectivity index (χ4n) is 2.91. The van der Waals surface area contributed by atoms with Crippen LogP contribution >= 0.6 is 0 Å². The van der Waals surface area contributed by atoms with Crippen molar-refractivity contribution in [1.29, 1.82) is 0 Å². The average Bonchev–Trinajstić information content (AvgIpc) is 3.08. The third-order valence-electron chi connectivity index (χ3n) is 4.85. The zero-order chi connectivity index (χ0) is 22.4. The van der Waals surface area contributed by atoms with Crippen molar-refractivity contribution >= 4 is 17.6 Å². The van der Waals surface area contributed by atoms with Gasteiger partial charge in [-0.2, -0.15) is 0 Å². The molecule has 7 nitrogen and oxygen atoms in total. The van der Waals surface area contributed by atoms with Gasteiger partial charge in [-0.3, -0.25) is 4.79 Å². The molecule has 0 bridgehead atoms. The van der Waals surface area contributed by atoms with Crippen molar-refractivity contribution in [2.24, 2.45) is 0 Å². The molecule has 162 valence electrons. The molecule has 2 aromatic carbocycles. The summed E-state index contributed by atoms with van der Waals surface area (Å²) in [6, 6.07) is 14.1. The van der Waals surface area contributed by atoms with Crippen LogP contribution in [0.5, 0.6) is 5.75 Å². The summed E-state index contributed by atoms with van der Waals surface area (Å²) in [4.78, 5) is 24.3. The number of nitrogens with zero attached hydrogens (tertiary/aromatic N) is 1. The highest BCUT2D eigenvalue weighted by molar-refractivity contribution is 5.95. The van der Waals surface area contributed by atoms with Crippen molar-refractivity contribution in [3.05, 3.63) is 76.7 Å². The molecule has 3 rings (SSSR count). The number of nitrogens with one attached hydrogen (secondary N) is 1. The molecule has 7 heteroatoms. The molecule has 1 heterocycles. The summed E-state index contributed by atoms with van der Waals surface area (Å²) >= 11 is 0. The van der Waals surface area contributed by atoms with Crippen LogP contribution in [0.2, 0.25) is 0 Å². The first kappa shape index (κ1) is 22.1. The number of anilines is 1. The molecular formula is C24H26N2O5. The molecule has 0 aliphatic carbocycles. The van der Waals surface area contributed by atoms with E-state index in [2.05, 4.69) is 24.3 Å². The van der Waals surface area contributed by atoms with Crippen LogP contribution in [0.25, 0.3) is 0 Å². The normalized spacial score (nSPS) is 10.7. The molecule has 0 aliphatic rings. The first-order valence-electron chi connectivity index (χ1n) is 10.0. The Morgan fingerprint density at radius 1 is 1.03 bits per heavy atom. The Morgan fingerprint density at radius 2 is 1.71 bits per heavy atom. The number of carbonyl (C=O) groups excluding carboxylic acids is 2. The van der Waals surface area contributed by atoms with E-state index in [0.29, 0.717) is 35.3 Å². The highest BCUT2D eigenvalue weighted by Gasteiger charge is 2.12. The number of carbonyl (C=O) groups is 2. The maximum atomic E-state index is 12.2. The van der Waals surface area contributed by atoms with E-state index < -0.39 is 11.9 Å². The molecule has 0 atom stereocenters. The smallest absolute Gasteiger partial charge is 0.338 e. The van der Waals surface area contributed by atoms with Gasteiger partial charge < -0.3 is 19.3 Å². The minimum Gasteiger partial charge on any atom is -0.489 e. The van der Waals surface area contributed by atoms with E-state index in [-0.39, 0.29) is 6.61 Å². The second-order valence-corrected chi connectivity index (χ2v) is 7.52. The lowest BCUT2D eigenvalue weighted by Crippen LogP contribution is -2.20. The van der Waals surface area contributed by atoms with Gasteiger partial charge in [0.25, 0.3) is 5.91 Å². The zero-order valence-corrected chi connectivity index (χ0v) is 18.1. The highest BCUT2D eigenvalue weighted by atomic mass is 16.5. The molecule has 0 spiro atoms. The molecule has 3 aromatic rings. The second-order valence-electron chi connectivity index (χ2n) is 7.52. The van der Waals surface area contributed by atoms with E-state index in [9.17, 15) is 9.59 Å². The quantitative estimate of drug-likeness (QED) is 0.525. The Balaban J connectivity index is 1.47. The fourth-order valence-corrected chi connectivity index (χ4v) is 2.91. The zero-order valence-electron chi connectivity index (χ0n) is 18.1. The van der Waals surface area contributed by atoms with E-state index in [1.165, 1.54) is 5.56 Å². The second kappa shape index (κ2) is 9.93. The van der Waals surface area contributed by atoms with Crippen LogP contribution < -0.4 is 10.1 Å². The Labute approximate surface area is 181 Å². The number of esters is 1. The molecule has 1 amide bonds. The molecular weight excluding hydrogens is 396 g/mol. The van der Waals surface area contributed by atoms with Crippen LogP contribution in [-0.2, 0) is 16.1 Å². The third-order valence-corrected chi connectivity index (χ3v) is 4.85. The third kappa shape index (κ3) is 5.94. The summed E-state index contributed by atoms with van der Waals surface area (Å²) in [7, 11) is 0. The van der Waals surface area contributed by atoms with Crippen LogP contribution in [-0.4, -0.2) is 23.6 Å². The van der Waals surface area contributed by atoms with E-state index in [0.717, 1.165) is 11.3 Å². The molecule has 0 fully saturated rings. The number of hydrogen-bond donors (Lipinski definition) is 1. The number of ether oxygens (including phenoxy) is 2. The molecule has 1 N–H and O–H groups in total. The Morgan fingerprint density at radius 3 is 2.29 bits per heavy atom. The van der Waals surface area contributed by atoms with Crippen molar-refractivity contribution in [3.63, 3.8) is 0 Å². The molecule has 0 aliphatic heterocycles. The van der Waals surface area contributed by atoms with Crippen molar-refractivity contribution in [2.75, 3.05) is 11.9 Å². The van der Waals surface area contributed by atoms with Gasteiger partial charge in [-0.05, 0) is 61.7 Å². The summed E-state index contributed by atoms with van der Waals surface area (Å²) in [5, 5.41) is 6.60. The Bertz CT molecular complexity index is 1020. The molecule has 0 radical (unpaired) electrons. The standard InChI is InChI=1S/C24H26N2O5/c1-15(2)18-5-9-20(10-6-18)25-23(27)14-30-24(28)19-7-11-21(12-8-19)29-13-22-16(3)26-31-17(22)4/h5-12,15H,13-14H2,1-4H3,(H,25,27). The summed E-state index contributed by atoms with van der Waals surface area (Å²) in [6.07, 6.45) is 0. The number of amides is 1. The van der Waals surface area contributed by atoms with E-state index in [4.69, 9.17) is 14.0 Å². The van der Waals surface area contributed by atoms with Gasteiger partial charge in [0.1, 0.15) is 18.1 Å². The van der Waals surface area contributed by atoms with Crippen LogP contribution in [0.1, 0.15) is 52.7 Å². The number of rotatable bonds is 8. The lowest BCUT2D eigenvalue weighted by molar-refractivity contribution is -0.119. The van der Waals surface area contributed by atoms with Crippen LogP contribution in [0, 0.1) is 13.8 Å². The summed E-state index contributed by atoms with van der Waals surface area (Å²) in [6.45, 7) is 7.84. The fraction of sp³-hybridized carbons (Fsp3) is 0.292. The van der Waals surface area contributed by atoms with Gasteiger partial charge in [-0.1, -0.05) is 31.1 Å². The maximum Gasteiger partial charge on any atom is 0.338 e. The SMILES string of the molecule is Cc1noc(C)c1COc1ccc(C(=O)OCC(=O)Nc2ccc(C(C)C)cc2)cc1. The molecule has 0 unspecified atom stereocenters. The summed E-state index contributed by atoms with van der Waals surface area (Å²) in [5.41, 5.74) is 3.85. The maximum absolute atomic E-state index is 12.2. The lowest BCUT2D eigenvalue weighted by atomic mass is 10.0. The summed E-state index contributed by atoms with van der Waals surface area (Å²) < 4.78 is 15.9. The van der Waals surface area contributed by atoms with Gasteiger partial charge in [-0.15, -0.1) is 0 Å². The first-order chi connectivity index (χ1) is 14.8. The van der Waals surface area contributed by atoms with Gasteiger partial charge in [0.05, 0.1) is 16.8 Å². The van der Waals surface area contributed by atoms with Crippen LogP contribution in [0.15, 0.2) is 53.1 Å². The van der Waals surface area contributed by atoms with Crippen molar-refractivity contribution < 1.29 is 23.6 Å². The molecule has 1 aromatic heterocycles. The predicted octanol–water partition coefficient (Wildman–Crippen LogP) is 4.79. The van der Waals surface area contributed by atoms with Gasteiger partial charge in [0.15, 0.2) is 6.61 Å². The number of hydrogen-bond acceptors (Lipinski definition) is 6. The van der Waals surface area contributed by atoms with E-state index in [1.54, 1.807) is 24.3 Å². The number of benzene rings is 2. The van der Waals surface area contributed by atoms with Gasteiger partial charge in [-0.25, -0.2) is 4.79 Å². The molecule has 31 heavy (non-hydrogen) atoms. The average molecular weight is 422 g/mol. The van der Waals surface area contributed by atoms with Crippen molar-refractivity contribution in [2.45, 2.75) is 40.2 Å². The number of aromatic nitrogens is 1. The molecule has 0 saturated heterocycles. The minimum atomic E-state index is -0.581. The Kier molecular flexibility index (Phi) is 7.07. The van der Waals surface area contributed by atoms with Gasteiger partial charge in [0, 0.05) is 5.69 Å². The topological polar surface area (TPSA) is 90.7 Å². The van der Waals surface area contributed by atoms with Crippen molar-refractivity contribution in [3.8, 4) is 5.75 Å². The van der Waals surface area contributed by atoms with E-state index >= 15 is 0 Å². The number of aryl methyl sites for hydroxylation is 2. The Hall–Kier alpha value is -3.61. The van der Waals surface area contributed by atoms with Gasteiger partial charge in [0.2, 0.25) is 0 Å². The van der Waals surface area contributed by atoms with Crippen LogP contribution in [0.4, 0.5) is 5.69 Å². The highest BCUT2D eigenvalue weighted by Crippen LogP contribution is 2.19. The first-order valence-corrected chi connectivity index (χ1v) is 10.0. The molecule has 0 saturated carbocycles. The predicted molar refractivity (Wildman–Crippen MR) is 116 cm³/mol. The summed E-state index contributed by atoms with van der Waals surface area (Å²) in [5.74, 6) is 0.747. The van der Waals surface area contributed by atoms with Gasteiger partial charge >= 0.3 is 5.97 Å². The minimum absolute atomic E-state index is 0.323. The monoisotopic (exact) mass is 422 g/mol.